The van der Waals surface area contributed by atoms with E-state index in [0.717, 1.165) is 32.1 Å². The highest BCUT2D eigenvalue weighted by molar-refractivity contribution is 5.85. The van der Waals surface area contributed by atoms with Crippen molar-refractivity contribution in [2.24, 2.45) is 0 Å². The van der Waals surface area contributed by atoms with Crippen LogP contribution in [0, 0.1) is 0 Å². The molecule has 1 saturated heterocycles. The summed E-state index contributed by atoms with van der Waals surface area (Å²) in [5.41, 5.74) is -1.05. The van der Waals surface area contributed by atoms with E-state index in [1.54, 1.807) is 13.8 Å². The van der Waals surface area contributed by atoms with Gasteiger partial charge in [0.15, 0.2) is 5.72 Å². The number of carbonyl (C=O) groups is 2. The zero-order valence-electron chi connectivity index (χ0n) is 14.8. The van der Waals surface area contributed by atoms with Crippen molar-refractivity contribution in [2.45, 2.75) is 90.5 Å². The molecule has 1 rings (SSSR count). The maximum atomic E-state index is 12.3. The Bertz CT molecular complexity index is 396. The fraction of sp³-hybridized carbons (Fsp3) is 0.882. The first-order valence-electron chi connectivity index (χ1n) is 8.70. The lowest BCUT2D eigenvalue weighted by Crippen LogP contribution is -2.49. The molecule has 1 heterocycles. The minimum Gasteiger partial charge on any atom is -0.449 e. The number of ether oxygens (including phenoxy) is 2. The minimum atomic E-state index is -1.05. The molecule has 6 nitrogen and oxygen atoms in total. The number of rotatable bonds is 9. The van der Waals surface area contributed by atoms with Crippen LogP contribution in [0.4, 0.5) is 4.79 Å². The van der Waals surface area contributed by atoms with Gasteiger partial charge in [0.05, 0.1) is 12.7 Å². The van der Waals surface area contributed by atoms with E-state index in [9.17, 15) is 14.7 Å². The average molecular weight is 329 g/mol. The highest BCUT2D eigenvalue weighted by atomic mass is 16.6. The molecule has 1 aliphatic heterocycles. The largest absolute Gasteiger partial charge is 0.449 e. The molecule has 0 radical (unpaired) electrons. The molecule has 0 aromatic heterocycles. The Labute approximate surface area is 139 Å². The Hall–Kier alpha value is -1.30. The number of aliphatic hydroxyl groups is 1. The number of hydrogen-bond acceptors (Lipinski definition) is 5. The number of carbonyl (C=O) groups excluding carboxylic acids is 2. The van der Waals surface area contributed by atoms with E-state index in [0.29, 0.717) is 13.0 Å². The molecule has 2 unspecified atom stereocenters. The van der Waals surface area contributed by atoms with Crippen LogP contribution in [0.2, 0.25) is 0 Å². The van der Waals surface area contributed by atoms with E-state index < -0.39 is 29.9 Å². The quantitative estimate of drug-likeness (QED) is 0.519. The normalized spacial score (nSPS) is 21.2. The number of unbranched alkanes of at least 4 members (excludes halogenated alkanes) is 3. The van der Waals surface area contributed by atoms with Gasteiger partial charge in [0, 0.05) is 6.42 Å². The van der Waals surface area contributed by atoms with Crippen LogP contribution in [0.1, 0.15) is 72.6 Å². The highest BCUT2D eigenvalue weighted by Crippen LogP contribution is 2.32. The summed E-state index contributed by atoms with van der Waals surface area (Å²) < 4.78 is 10.5. The summed E-state index contributed by atoms with van der Waals surface area (Å²) in [4.78, 5) is 25.8. The van der Waals surface area contributed by atoms with E-state index in [4.69, 9.17) is 9.47 Å². The summed E-state index contributed by atoms with van der Waals surface area (Å²) in [6.45, 7) is 7.75. The van der Waals surface area contributed by atoms with Gasteiger partial charge in [-0.3, -0.25) is 4.90 Å². The predicted octanol–water partition coefficient (Wildman–Crippen LogP) is 3.22. The lowest BCUT2D eigenvalue weighted by molar-refractivity contribution is -0.149. The van der Waals surface area contributed by atoms with Gasteiger partial charge in [-0.05, 0) is 26.7 Å². The second-order valence-corrected chi connectivity index (χ2v) is 6.61. The predicted molar refractivity (Wildman–Crippen MR) is 86.8 cm³/mol. The molecule has 1 fully saturated rings. The van der Waals surface area contributed by atoms with Crippen LogP contribution in [0.15, 0.2) is 0 Å². The Kier molecular flexibility index (Phi) is 7.82. The summed E-state index contributed by atoms with van der Waals surface area (Å²) in [7, 11) is 0. The molecule has 6 heteroatoms. The molecular weight excluding hydrogens is 298 g/mol. The number of amides is 1. The van der Waals surface area contributed by atoms with E-state index in [1.165, 1.54) is 4.90 Å². The Morgan fingerprint density at radius 3 is 2.57 bits per heavy atom. The first-order valence-corrected chi connectivity index (χ1v) is 8.70. The van der Waals surface area contributed by atoms with Gasteiger partial charge in [-0.2, -0.15) is 0 Å². The van der Waals surface area contributed by atoms with Crippen molar-refractivity contribution in [3.8, 4) is 0 Å². The molecule has 0 aliphatic carbocycles. The molecule has 0 aromatic carbocycles. The number of nitrogens with zero attached hydrogens (tertiary/aromatic N) is 1. The summed E-state index contributed by atoms with van der Waals surface area (Å²) in [5, 5.41) is 10.2. The second kappa shape index (κ2) is 9.11. The fourth-order valence-electron chi connectivity index (χ4n) is 2.77. The van der Waals surface area contributed by atoms with Gasteiger partial charge in [-0.1, -0.05) is 39.5 Å². The minimum absolute atomic E-state index is 0.189. The van der Waals surface area contributed by atoms with Crippen LogP contribution < -0.4 is 0 Å². The molecule has 0 bridgehead atoms. The fourth-order valence-corrected chi connectivity index (χ4v) is 2.77. The van der Waals surface area contributed by atoms with Crippen molar-refractivity contribution in [1.29, 1.82) is 0 Å². The molecule has 1 N–H and O–H groups in total. The van der Waals surface area contributed by atoms with E-state index >= 15 is 0 Å². The smallest absolute Gasteiger partial charge is 0.413 e. The van der Waals surface area contributed by atoms with E-state index in [1.807, 2.05) is 6.92 Å². The van der Waals surface area contributed by atoms with Gasteiger partial charge in [0.1, 0.15) is 6.04 Å². The third kappa shape index (κ3) is 5.68. The highest BCUT2D eigenvalue weighted by Gasteiger charge is 2.51. The van der Waals surface area contributed by atoms with Crippen LogP contribution in [0.3, 0.4) is 0 Å². The van der Waals surface area contributed by atoms with Gasteiger partial charge < -0.3 is 14.6 Å². The Morgan fingerprint density at radius 1 is 1.30 bits per heavy atom. The van der Waals surface area contributed by atoms with Gasteiger partial charge in [0.2, 0.25) is 0 Å². The number of esters is 1. The zero-order chi connectivity index (χ0) is 17.5. The molecule has 0 saturated carbocycles. The Morgan fingerprint density at radius 2 is 1.96 bits per heavy atom. The number of cyclic esters (lactones) is 1. The molecule has 23 heavy (non-hydrogen) atoms. The lowest BCUT2D eigenvalue weighted by Gasteiger charge is -2.31. The van der Waals surface area contributed by atoms with Crippen LogP contribution in [0.5, 0.6) is 0 Å². The molecule has 2 atom stereocenters. The standard InChI is InChI=1S/C17H31NO5/c1-5-7-9-10-13(19)12-14-15(20)23-17(3,4)18(14)16(21)22-11-8-6-2/h13-14,19H,5-12H2,1-4H3. The zero-order valence-corrected chi connectivity index (χ0v) is 14.8. The number of aliphatic hydroxyl groups excluding tert-OH is 1. The first-order chi connectivity index (χ1) is 10.8. The summed E-state index contributed by atoms with van der Waals surface area (Å²) in [5.74, 6) is -0.475. The van der Waals surface area contributed by atoms with E-state index in [2.05, 4.69) is 6.92 Å². The summed E-state index contributed by atoms with van der Waals surface area (Å²) in [6, 6.07) is -0.782. The van der Waals surface area contributed by atoms with Gasteiger partial charge in [-0.25, -0.2) is 9.59 Å². The van der Waals surface area contributed by atoms with Crippen LogP contribution in [0.25, 0.3) is 0 Å². The third-order valence-electron chi connectivity index (χ3n) is 4.07. The second-order valence-electron chi connectivity index (χ2n) is 6.61. The molecule has 1 aliphatic rings. The first kappa shape index (κ1) is 19.7. The SMILES string of the molecule is CCCCCC(O)CC1C(=O)OC(C)(C)N1C(=O)OCCCC. The van der Waals surface area contributed by atoms with Gasteiger partial charge in [0.25, 0.3) is 0 Å². The van der Waals surface area contributed by atoms with Crippen LogP contribution in [-0.2, 0) is 14.3 Å². The molecule has 134 valence electrons. The summed E-state index contributed by atoms with van der Waals surface area (Å²) >= 11 is 0. The molecular formula is C17H31NO5. The van der Waals surface area contributed by atoms with Crippen molar-refractivity contribution in [1.82, 2.24) is 4.90 Å². The van der Waals surface area contributed by atoms with Crippen LogP contribution in [-0.4, -0.2) is 46.5 Å². The summed E-state index contributed by atoms with van der Waals surface area (Å²) in [6.07, 6.45) is 4.35. The third-order valence-corrected chi connectivity index (χ3v) is 4.07. The maximum absolute atomic E-state index is 12.3. The van der Waals surface area contributed by atoms with Crippen LogP contribution >= 0.6 is 0 Å². The molecule has 1 amide bonds. The van der Waals surface area contributed by atoms with E-state index in [-0.39, 0.29) is 6.42 Å². The van der Waals surface area contributed by atoms with Gasteiger partial charge in [-0.15, -0.1) is 0 Å². The monoisotopic (exact) mass is 329 g/mol. The molecule has 0 aromatic rings. The topological polar surface area (TPSA) is 76.1 Å². The van der Waals surface area contributed by atoms with Crippen molar-refractivity contribution >= 4 is 12.1 Å². The van der Waals surface area contributed by atoms with Crippen molar-refractivity contribution in [2.75, 3.05) is 6.61 Å². The average Bonchev–Trinajstić information content (AvgIpc) is 2.68. The maximum Gasteiger partial charge on any atom is 0.413 e. The lowest BCUT2D eigenvalue weighted by atomic mass is 10.0. The molecule has 0 spiro atoms. The van der Waals surface area contributed by atoms with Crippen molar-refractivity contribution < 1.29 is 24.2 Å². The van der Waals surface area contributed by atoms with Gasteiger partial charge >= 0.3 is 12.1 Å². The van der Waals surface area contributed by atoms with Crippen molar-refractivity contribution in [3.05, 3.63) is 0 Å². The van der Waals surface area contributed by atoms with Crippen molar-refractivity contribution in [3.63, 3.8) is 0 Å². The Balaban J connectivity index is 2.69. The number of hydrogen-bond donors (Lipinski definition) is 1.